The van der Waals surface area contributed by atoms with E-state index in [1.807, 2.05) is 0 Å². The van der Waals surface area contributed by atoms with Gasteiger partial charge in [0.25, 0.3) is 5.91 Å². The molecule has 0 aromatic heterocycles. The molecule has 1 amide bonds. The van der Waals surface area contributed by atoms with Crippen molar-refractivity contribution in [3.8, 4) is 0 Å². The number of hydrogen-bond donors (Lipinski definition) is 2. The molecule has 0 unspecified atom stereocenters. The van der Waals surface area contributed by atoms with Crippen molar-refractivity contribution >= 4 is 21.8 Å². The summed E-state index contributed by atoms with van der Waals surface area (Å²) >= 11 is 3.10. The molecule has 104 valence electrons. The minimum atomic E-state index is -4.45. The predicted molar refractivity (Wildman–Crippen MR) is 67.9 cm³/mol. The van der Waals surface area contributed by atoms with E-state index in [-0.39, 0.29) is 11.6 Å². The number of rotatable bonds is 2. The molecule has 2 N–H and O–H groups in total. The number of carbonyl (C=O) groups is 1. The van der Waals surface area contributed by atoms with Crippen molar-refractivity contribution in [3.05, 3.63) is 33.8 Å². The van der Waals surface area contributed by atoms with E-state index in [0.717, 1.165) is 25.1 Å². The van der Waals surface area contributed by atoms with Crippen molar-refractivity contribution in [1.82, 2.24) is 10.6 Å². The van der Waals surface area contributed by atoms with Crippen molar-refractivity contribution in [2.45, 2.75) is 18.6 Å². The SMILES string of the molecule is O=C(N[C@H]1CCNC1)c1cc(C(F)(F)F)ccc1Br. The van der Waals surface area contributed by atoms with Gasteiger partial charge in [-0.25, -0.2) is 0 Å². The molecule has 1 heterocycles. The molecule has 1 atom stereocenters. The Morgan fingerprint density at radius 3 is 2.74 bits per heavy atom. The van der Waals surface area contributed by atoms with E-state index in [2.05, 4.69) is 26.6 Å². The third kappa shape index (κ3) is 3.48. The largest absolute Gasteiger partial charge is 0.416 e. The van der Waals surface area contributed by atoms with Crippen LogP contribution in [0.2, 0.25) is 0 Å². The van der Waals surface area contributed by atoms with Crippen LogP contribution in [0.25, 0.3) is 0 Å². The quantitative estimate of drug-likeness (QED) is 0.871. The fourth-order valence-corrected chi connectivity index (χ4v) is 2.34. The summed E-state index contributed by atoms with van der Waals surface area (Å²) in [6.07, 6.45) is -3.67. The van der Waals surface area contributed by atoms with Gasteiger partial charge in [-0.3, -0.25) is 4.79 Å². The summed E-state index contributed by atoms with van der Waals surface area (Å²) in [5.74, 6) is -0.494. The lowest BCUT2D eigenvalue weighted by molar-refractivity contribution is -0.137. The van der Waals surface area contributed by atoms with Gasteiger partial charge < -0.3 is 10.6 Å². The summed E-state index contributed by atoms with van der Waals surface area (Å²) in [5.41, 5.74) is -0.827. The van der Waals surface area contributed by atoms with Crippen LogP contribution < -0.4 is 10.6 Å². The smallest absolute Gasteiger partial charge is 0.348 e. The molecule has 1 saturated heterocycles. The highest BCUT2D eigenvalue weighted by atomic mass is 79.9. The summed E-state index contributed by atoms with van der Waals surface area (Å²) in [6.45, 7) is 1.44. The monoisotopic (exact) mass is 336 g/mol. The zero-order valence-corrected chi connectivity index (χ0v) is 11.4. The van der Waals surface area contributed by atoms with E-state index >= 15 is 0 Å². The molecule has 3 nitrogen and oxygen atoms in total. The zero-order chi connectivity index (χ0) is 14.0. The van der Waals surface area contributed by atoms with Gasteiger partial charge in [0.05, 0.1) is 11.1 Å². The number of nitrogens with one attached hydrogen (secondary N) is 2. The third-order valence-electron chi connectivity index (χ3n) is 2.93. The highest BCUT2D eigenvalue weighted by Gasteiger charge is 2.31. The van der Waals surface area contributed by atoms with Crippen molar-refractivity contribution in [1.29, 1.82) is 0 Å². The van der Waals surface area contributed by atoms with Crippen molar-refractivity contribution < 1.29 is 18.0 Å². The van der Waals surface area contributed by atoms with Crippen LogP contribution in [-0.4, -0.2) is 25.0 Å². The maximum atomic E-state index is 12.6. The first-order chi connectivity index (χ1) is 8.88. The van der Waals surface area contributed by atoms with Crippen LogP contribution in [0.1, 0.15) is 22.3 Å². The average Bonchev–Trinajstić information content (AvgIpc) is 2.80. The van der Waals surface area contributed by atoms with Gasteiger partial charge in [0.15, 0.2) is 0 Å². The summed E-state index contributed by atoms with van der Waals surface area (Å²) in [4.78, 5) is 12.0. The third-order valence-corrected chi connectivity index (χ3v) is 3.63. The molecule has 0 bridgehead atoms. The Hall–Kier alpha value is -1.08. The minimum absolute atomic E-state index is 0.00160. The Bertz CT molecular complexity index is 484. The normalized spacial score (nSPS) is 19.5. The molecule has 7 heteroatoms. The number of halogens is 4. The highest BCUT2D eigenvalue weighted by molar-refractivity contribution is 9.10. The molecule has 1 aromatic carbocycles. The molecule has 0 radical (unpaired) electrons. The van der Waals surface area contributed by atoms with Gasteiger partial charge in [0.1, 0.15) is 0 Å². The number of alkyl halides is 3. The maximum Gasteiger partial charge on any atom is 0.416 e. The van der Waals surface area contributed by atoms with E-state index in [0.29, 0.717) is 11.0 Å². The van der Waals surface area contributed by atoms with Gasteiger partial charge in [-0.2, -0.15) is 13.2 Å². The summed E-state index contributed by atoms with van der Waals surface area (Å²) in [5, 5.41) is 5.79. The molecule has 1 aliphatic heterocycles. The fourth-order valence-electron chi connectivity index (χ4n) is 1.92. The van der Waals surface area contributed by atoms with E-state index < -0.39 is 17.6 Å². The standard InChI is InChI=1S/C12H12BrF3N2O/c13-10-2-1-7(12(14,15)16)5-9(10)11(19)18-8-3-4-17-6-8/h1-2,5,8,17H,3-4,6H2,(H,18,19)/t8-/m0/s1. The van der Waals surface area contributed by atoms with Crippen LogP contribution in [0.5, 0.6) is 0 Å². The first-order valence-corrected chi connectivity index (χ1v) is 6.55. The van der Waals surface area contributed by atoms with Crippen molar-refractivity contribution in [2.24, 2.45) is 0 Å². The van der Waals surface area contributed by atoms with Crippen molar-refractivity contribution in [2.75, 3.05) is 13.1 Å². The summed E-state index contributed by atoms with van der Waals surface area (Å²) in [7, 11) is 0. The highest BCUT2D eigenvalue weighted by Crippen LogP contribution is 2.31. The van der Waals surface area contributed by atoms with E-state index in [1.165, 1.54) is 6.07 Å². The molecule has 1 aliphatic rings. The lowest BCUT2D eigenvalue weighted by atomic mass is 10.1. The molecular weight excluding hydrogens is 325 g/mol. The van der Waals surface area contributed by atoms with E-state index in [1.54, 1.807) is 0 Å². The van der Waals surface area contributed by atoms with E-state index in [4.69, 9.17) is 0 Å². The van der Waals surface area contributed by atoms with Gasteiger partial charge in [-0.05, 0) is 47.1 Å². The Morgan fingerprint density at radius 1 is 1.42 bits per heavy atom. The summed E-state index contributed by atoms with van der Waals surface area (Å²) in [6, 6.07) is 3.01. The van der Waals surface area contributed by atoms with Gasteiger partial charge >= 0.3 is 6.18 Å². The predicted octanol–water partition coefficient (Wildman–Crippen LogP) is 2.56. The van der Waals surface area contributed by atoms with Crippen LogP contribution in [0.3, 0.4) is 0 Å². The van der Waals surface area contributed by atoms with Gasteiger partial charge in [-0.1, -0.05) is 0 Å². The van der Waals surface area contributed by atoms with Crippen LogP contribution in [-0.2, 0) is 6.18 Å². The second kappa shape index (κ2) is 5.50. The fraction of sp³-hybridized carbons (Fsp3) is 0.417. The second-order valence-electron chi connectivity index (χ2n) is 4.36. The first kappa shape index (κ1) is 14.3. The number of carbonyl (C=O) groups excluding carboxylic acids is 1. The minimum Gasteiger partial charge on any atom is -0.348 e. The number of hydrogen-bond acceptors (Lipinski definition) is 2. The Kier molecular flexibility index (Phi) is 4.15. The first-order valence-electron chi connectivity index (χ1n) is 5.76. The second-order valence-corrected chi connectivity index (χ2v) is 5.21. The van der Waals surface area contributed by atoms with E-state index in [9.17, 15) is 18.0 Å². The molecule has 0 spiro atoms. The molecule has 19 heavy (non-hydrogen) atoms. The van der Waals surface area contributed by atoms with Crippen molar-refractivity contribution in [3.63, 3.8) is 0 Å². The zero-order valence-electron chi connectivity index (χ0n) is 9.85. The van der Waals surface area contributed by atoms with Crippen LogP contribution in [0, 0.1) is 0 Å². The number of amides is 1. The molecular formula is C12H12BrF3N2O. The average molecular weight is 337 g/mol. The molecule has 1 aromatic rings. The van der Waals surface area contributed by atoms with Gasteiger partial charge in [0.2, 0.25) is 0 Å². The molecule has 1 fully saturated rings. The number of benzene rings is 1. The van der Waals surface area contributed by atoms with Gasteiger partial charge in [0, 0.05) is 17.1 Å². The molecule has 0 aliphatic carbocycles. The lowest BCUT2D eigenvalue weighted by Crippen LogP contribution is -2.36. The summed E-state index contributed by atoms with van der Waals surface area (Å²) < 4.78 is 38.2. The lowest BCUT2D eigenvalue weighted by Gasteiger charge is -2.14. The topological polar surface area (TPSA) is 41.1 Å². The Morgan fingerprint density at radius 2 is 2.16 bits per heavy atom. The Labute approximate surface area is 116 Å². The molecule has 2 rings (SSSR count). The van der Waals surface area contributed by atoms with Gasteiger partial charge in [-0.15, -0.1) is 0 Å². The van der Waals surface area contributed by atoms with Crippen LogP contribution >= 0.6 is 15.9 Å². The molecule has 0 saturated carbocycles. The maximum absolute atomic E-state index is 12.6. The Balaban J connectivity index is 2.20. The van der Waals surface area contributed by atoms with Crippen LogP contribution in [0.15, 0.2) is 22.7 Å². The van der Waals surface area contributed by atoms with Crippen LogP contribution in [0.4, 0.5) is 13.2 Å².